The van der Waals surface area contributed by atoms with Crippen LogP contribution >= 0.6 is 11.3 Å². The lowest BCUT2D eigenvalue weighted by Gasteiger charge is -2.07. The van der Waals surface area contributed by atoms with E-state index >= 15 is 0 Å². The van der Waals surface area contributed by atoms with Crippen LogP contribution in [0.2, 0.25) is 0 Å². The third-order valence-electron chi connectivity index (χ3n) is 3.25. The van der Waals surface area contributed by atoms with Gasteiger partial charge in [-0.1, -0.05) is 18.9 Å². The molecule has 2 rings (SSSR count). The first kappa shape index (κ1) is 12.4. The van der Waals surface area contributed by atoms with Crippen LogP contribution in [0.25, 0.3) is 0 Å². The molecule has 0 radical (unpaired) electrons. The summed E-state index contributed by atoms with van der Waals surface area (Å²) in [5, 5.41) is 5.28. The number of nitrogens with one attached hydrogen (secondary N) is 1. The van der Waals surface area contributed by atoms with Crippen molar-refractivity contribution in [2.45, 2.75) is 32.1 Å². The molecule has 4 heteroatoms. The van der Waals surface area contributed by atoms with Gasteiger partial charge in [-0.3, -0.25) is 4.99 Å². The maximum atomic E-state index is 5.83. The molecule has 1 fully saturated rings. The molecule has 0 bridgehead atoms. The summed E-state index contributed by atoms with van der Waals surface area (Å²) in [5.74, 6) is 1.38. The van der Waals surface area contributed by atoms with Gasteiger partial charge in [0.25, 0.3) is 0 Å². The standard InChI is InChI=1S/C13H21N3S/c14-13(16-10-11-4-1-2-5-11)15-8-7-12-6-3-9-17-12/h3,6,9,11H,1-2,4-5,7-8,10H2,(H3,14,15,16). The average molecular weight is 251 g/mol. The molecule has 0 aliphatic heterocycles. The lowest BCUT2D eigenvalue weighted by molar-refractivity contribution is 0.561. The molecular weight excluding hydrogens is 230 g/mol. The summed E-state index contributed by atoms with van der Waals surface area (Å²) in [6, 6.07) is 4.23. The summed E-state index contributed by atoms with van der Waals surface area (Å²) in [5.41, 5.74) is 5.83. The van der Waals surface area contributed by atoms with Crippen molar-refractivity contribution in [3.8, 4) is 0 Å². The highest BCUT2D eigenvalue weighted by atomic mass is 32.1. The third kappa shape index (κ3) is 4.38. The van der Waals surface area contributed by atoms with Crippen LogP contribution in [-0.2, 0) is 6.42 Å². The van der Waals surface area contributed by atoms with E-state index in [0.29, 0.717) is 5.96 Å². The molecule has 1 heterocycles. The number of nitrogens with two attached hydrogens (primary N) is 1. The summed E-state index contributed by atoms with van der Waals surface area (Å²) in [7, 11) is 0. The van der Waals surface area contributed by atoms with Crippen LogP contribution in [0.4, 0.5) is 0 Å². The second kappa shape index (κ2) is 6.64. The predicted molar refractivity (Wildman–Crippen MR) is 74.5 cm³/mol. The normalized spacial score (nSPS) is 17.5. The summed E-state index contributed by atoms with van der Waals surface area (Å²) in [4.78, 5) is 5.80. The minimum Gasteiger partial charge on any atom is -0.370 e. The molecule has 0 spiro atoms. The second-order valence-electron chi connectivity index (χ2n) is 4.63. The monoisotopic (exact) mass is 251 g/mol. The average Bonchev–Trinajstić information content (AvgIpc) is 2.99. The Bertz CT molecular complexity index is 340. The lowest BCUT2D eigenvalue weighted by Crippen LogP contribution is -2.33. The molecule has 1 aromatic rings. The largest absolute Gasteiger partial charge is 0.370 e. The first-order chi connectivity index (χ1) is 8.34. The maximum absolute atomic E-state index is 5.83. The quantitative estimate of drug-likeness (QED) is 0.623. The van der Waals surface area contributed by atoms with E-state index in [1.165, 1.54) is 30.6 Å². The highest BCUT2D eigenvalue weighted by Crippen LogP contribution is 2.24. The van der Waals surface area contributed by atoms with Gasteiger partial charge in [0, 0.05) is 18.0 Å². The van der Waals surface area contributed by atoms with Crippen LogP contribution in [-0.4, -0.2) is 19.0 Å². The van der Waals surface area contributed by atoms with Crippen molar-refractivity contribution in [2.75, 3.05) is 13.1 Å². The van der Waals surface area contributed by atoms with Crippen LogP contribution in [0.15, 0.2) is 22.5 Å². The predicted octanol–water partition coefficient (Wildman–Crippen LogP) is 2.39. The molecule has 3 N–H and O–H groups in total. The number of aliphatic imine (C=N–C) groups is 1. The van der Waals surface area contributed by atoms with Crippen molar-refractivity contribution in [2.24, 2.45) is 16.6 Å². The Kier molecular flexibility index (Phi) is 4.86. The fourth-order valence-electron chi connectivity index (χ4n) is 2.24. The van der Waals surface area contributed by atoms with Gasteiger partial charge in [-0.05, 0) is 36.6 Å². The zero-order chi connectivity index (χ0) is 11.9. The minimum atomic E-state index is 0.605. The van der Waals surface area contributed by atoms with Gasteiger partial charge in [-0.25, -0.2) is 0 Å². The smallest absolute Gasteiger partial charge is 0.188 e. The highest BCUT2D eigenvalue weighted by Gasteiger charge is 2.13. The van der Waals surface area contributed by atoms with E-state index in [0.717, 1.165) is 25.4 Å². The molecule has 1 aliphatic rings. The number of hydrogen-bond donors (Lipinski definition) is 2. The summed E-state index contributed by atoms with van der Waals surface area (Å²) in [6.07, 6.45) is 6.41. The van der Waals surface area contributed by atoms with Crippen LogP contribution in [0.5, 0.6) is 0 Å². The van der Waals surface area contributed by atoms with Crippen molar-refractivity contribution in [3.05, 3.63) is 22.4 Å². The lowest BCUT2D eigenvalue weighted by atomic mass is 10.1. The zero-order valence-corrected chi connectivity index (χ0v) is 11.0. The SMILES string of the molecule is NC(=NCC1CCCC1)NCCc1cccs1. The molecule has 1 aliphatic carbocycles. The Balaban J connectivity index is 1.62. The first-order valence-electron chi connectivity index (χ1n) is 6.41. The maximum Gasteiger partial charge on any atom is 0.188 e. The van der Waals surface area contributed by atoms with E-state index in [1.807, 2.05) is 0 Å². The van der Waals surface area contributed by atoms with E-state index in [-0.39, 0.29) is 0 Å². The van der Waals surface area contributed by atoms with Crippen molar-refractivity contribution in [3.63, 3.8) is 0 Å². The third-order valence-corrected chi connectivity index (χ3v) is 4.19. The molecule has 0 amide bonds. The van der Waals surface area contributed by atoms with Gasteiger partial charge in [0.05, 0.1) is 0 Å². The zero-order valence-electron chi connectivity index (χ0n) is 10.2. The molecule has 0 saturated heterocycles. The fraction of sp³-hybridized carbons (Fsp3) is 0.615. The van der Waals surface area contributed by atoms with Gasteiger partial charge in [0.1, 0.15) is 0 Å². The number of nitrogens with zero attached hydrogens (tertiary/aromatic N) is 1. The topological polar surface area (TPSA) is 50.4 Å². The first-order valence-corrected chi connectivity index (χ1v) is 7.29. The summed E-state index contributed by atoms with van der Waals surface area (Å²) in [6.45, 7) is 1.78. The number of guanidine groups is 1. The van der Waals surface area contributed by atoms with E-state index in [4.69, 9.17) is 5.73 Å². The van der Waals surface area contributed by atoms with Crippen LogP contribution < -0.4 is 11.1 Å². The van der Waals surface area contributed by atoms with Crippen LogP contribution in [0.3, 0.4) is 0 Å². The van der Waals surface area contributed by atoms with Gasteiger partial charge < -0.3 is 11.1 Å². The van der Waals surface area contributed by atoms with Gasteiger partial charge in [-0.15, -0.1) is 11.3 Å². The molecule has 0 atom stereocenters. The minimum absolute atomic E-state index is 0.605. The molecule has 1 aromatic heterocycles. The van der Waals surface area contributed by atoms with E-state index in [1.54, 1.807) is 11.3 Å². The Labute approximate surface area is 107 Å². The highest BCUT2D eigenvalue weighted by molar-refractivity contribution is 7.09. The molecule has 94 valence electrons. The Morgan fingerprint density at radius 1 is 1.47 bits per heavy atom. The summed E-state index contributed by atoms with van der Waals surface area (Å²) < 4.78 is 0. The Morgan fingerprint density at radius 3 is 3.00 bits per heavy atom. The molecule has 17 heavy (non-hydrogen) atoms. The van der Waals surface area contributed by atoms with Crippen molar-refractivity contribution in [1.82, 2.24) is 5.32 Å². The van der Waals surface area contributed by atoms with Gasteiger partial charge in [-0.2, -0.15) is 0 Å². The van der Waals surface area contributed by atoms with Gasteiger partial charge in [0.15, 0.2) is 5.96 Å². The second-order valence-corrected chi connectivity index (χ2v) is 5.66. The van der Waals surface area contributed by atoms with Crippen molar-refractivity contribution in [1.29, 1.82) is 0 Å². The van der Waals surface area contributed by atoms with E-state index in [9.17, 15) is 0 Å². The Hall–Kier alpha value is -1.03. The van der Waals surface area contributed by atoms with Crippen molar-refractivity contribution < 1.29 is 0 Å². The fourth-order valence-corrected chi connectivity index (χ4v) is 2.95. The van der Waals surface area contributed by atoms with E-state index in [2.05, 4.69) is 27.8 Å². The number of hydrogen-bond acceptors (Lipinski definition) is 2. The van der Waals surface area contributed by atoms with Crippen LogP contribution in [0.1, 0.15) is 30.6 Å². The molecule has 3 nitrogen and oxygen atoms in total. The summed E-state index contributed by atoms with van der Waals surface area (Å²) >= 11 is 1.79. The molecule has 1 saturated carbocycles. The van der Waals surface area contributed by atoms with E-state index < -0.39 is 0 Å². The van der Waals surface area contributed by atoms with Crippen LogP contribution in [0, 0.1) is 5.92 Å². The molecule has 0 aromatic carbocycles. The van der Waals surface area contributed by atoms with Gasteiger partial charge in [0.2, 0.25) is 0 Å². The van der Waals surface area contributed by atoms with Crippen molar-refractivity contribution >= 4 is 17.3 Å². The Morgan fingerprint density at radius 2 is 2.29 bits per heavy atom. The van der Waals surface area contributed by atoms with Gasteiger partial charge >= 0.3 is 0 Å². The number of rotatable bonds is 5. The molecular formula is C13H21N3S. The number of thiophene rings is 1. The molecule has 0 unspecified atom stereocenters.